The third-order valence-electron chi connectivity index (χ3n) is 6.54. The van der Waals surface area contributed by atoms with Crippen molar-refractivity contribution in [2.24, 2.45) is 11.8 Å². The summed E-state index contributed by atoms with van der Waals surface area (Å²) >= 11 is 0. The average molecular weight is 396 g/mol. The molecule has 3 aliphatic rings. The van der Waals surface area contributed by atoms with Crippen LogP contribution in [0.2, 0.25) is 0 Å². The molecule has 0 N–H and O–H groups in total. The van der Waals surface area contributed by atoms with Crippen molar-refractivity contribution in [2.45, 2.75) is 64.1 Å². The molecule has 2 aromatic rings. The van der Waals surface area contributed by atoms with Crippen LogP contribution in [0.4, 0.5) is 4.79 Å². The number of aromatic nitrogens is 2. The summed E-state index contributed by atoms with van der Waals surface area (Å²) in [6.07, 6.45) is 6.27. The Morgan fingerprint density at radius 3 is 2.79 bits per heavy atom. The SMILES string of the molecule is C[C@H]1C[C@@H](CCc2nnc([C@@H]3CC[C@@H]4CN3C(=O)N4OCc3ccccc3)o2)C1. The first-order valence-electron chi connectivity index (χ1n) is 10.8. The maximum absolute atomic E-state index is 12.9. The highest BCUT2D eigenvalue weighted by atomic mass is 16.7. The minimum absolute atomic E-state index is 0.0884. The lowest BCUT2D eigenvalue weighted by molar-refractivity contribution is -0.140. The molecular formula is C22H28N4O3. The molecule has 1 aromatic heterocycles. The van der Waals surface area contributed by atoms with Crippen LogP contribution >= 0.6 is 0 Å². The normalized spacial score (nSPS) is 28.7. The zero-order valence-corrected chi connectivity index (χ0v) is 16.9. The number of rotatable bonds is 7. The van der Waals surface area contributed by atoms with E-state index in [-0.39, 0.29) is 18.1 Å². The number of aryl methyl sites for hydroxylation is 1. The number of hydrogen-bond acceptors (Lipinski definition) is 5. The molecule has 1 aromatic carbocycles. The highest BCUT2D eigenvalue weighted by molar-refractivity contribution is 5.77. The highest BCUT2D eigenvalue weighted by Gasteiger charge is 2.47. The molecule has 0 spiro atoms. The maximum atomic E-state index is 12.9. The van der Waals surface area contributed by atoms with Crippen molar-refractivity contribution in [1.82, 2.24) is 20.2 Å². The lowest BCUT2D eigenvalue weighted by Crippen LogP contribution is -2.34. The monoisotopic (exact) mass is 396 g/mol. The third kappa shape index (κ3) is 3.75. The molecule has 3 fully saturated rings. The molecule has 154 valence electrons. The van der Waals surface area contributed by atoms with Crippen LogP contribution in [0.5, 0.6) is 0 Å². The topological polar surface area (TPSA) is 71.7 Å². The van der Waals surface area contributed by atoms with Gasteiger partial charge in [-0.3, -0.25) is 4.84 Å². The summed E-state index contributed by atoms with van der Waals surface area (Å²) in [4.78, 5) is 20.6. The standard InChI is InChI=1S/C22H28N4O3/c1-15-11-17(12-15)7-10-20-23-24-21(29-20)19-9-8-18-13-25(19)22(27)26(18)28-14-16-5-3-2-4-6-16/h2-6,15,17-19H,7-14H2,1H3/t15-,17+,18-,19+/m1/s1. The van der Waals surface area contributed by atoms with Crippen LogP contribution in [0.15, 0.2) is 34.7 Å². The Hall–Kier alpha value is -2.41. The molecular weight excluding hydrogens is 368 g/mol. The summed E-state index contributed by atoms with van der Waals surface area (Å²) in [5.41, 5.74) is 1.05. The van der Waals surface area contributed by atoms with Gasteiger partial charge in [0.15, 0.2) is 0 Å². The number of piperidine rings is 1. The van der Waals surface area contributed by atoms with E-state index in [1.165, 1.54) is 12.8 Å². The predicted octanol–water partition coefficient (Wildman–Crippen LogP) is 4.12. The summed E-state index contributed by atoms with van der Waals surface area (Å²) < 4.78 is 5.96. The number of carbonyl (C=O) groups is 1. The van der Waals surface area contributed by atoms with Crippen LogP contribution in [0.3, 0.4) is 0 Å². The van der Waals surface area contributed by atoms with Crippen LogP contribution in [0.1, 0.15) is 62.4 Å². The third-order valence-corrected chi connectivity index (χ3v) is 6.54. The lowest BCUT2D eigenvalue weighted by atomic mass is 9.74. The summed E-state index contributed by atoms with van der Waals surface area (Å²) in [7, 11) is 0. The minimum atomic E-state index is -0.144. The van der Waals surface area contributed by atoms with Gasteiger partial charge in [-0.2, -0.15) is 5.06 Å². The van der Waals surface area contributed by atoms with Gasteiger partial charge in [-0.1, -0.05) is 37.3 Å². The van der Waals surface area contributed by atoms with E-state index in [9.17, 15) is 4.79 Å². The fraction of sp³-hybridized carbons (Fsp3) is 0.591. The van der Waals surface area contributed by atoms with Crippen molar-refractivity contribution in [3.63, 3.8) is 0 Å². The van der Waals surface area contributed by atoms with E-state index < -0.39 is 0 Å². The zero-order valence-electron chi connectivity index (χ0n) is 16.9. The summed E-state index contributed by atoms with van der Waals surface area (Å²) in [5, 5.41) is 10.1. The number of carbonyl (C=O) groups excluding carboxylic acids is 1. The van der Waals surface area contributed by atoms with E-state index in [0.29, 0.717) is 24.9 Å². The van der Waals surface area contributed by atoms with Crippen molar-refractivity contribution >= 4 is 6.03 Å². The van der Waals surface area contributed by atoms with Gasteiger partial charge in [0.05, 0.1) is 6.04 Å². The first-order valence-corrected chi connectivity index (χ1v) is 10.8. The first kappa shape index (κ1) is 18.6. The molecule has 0 unspecified atom stereocenters. The van der Waals surface area contributed by atoms with E-state index in [0.717, 1.165) is 43.1 Å². The molecule has 7 heteroatoms. The van der Waals surface area contributed by atoms with Gasteiger partial charge in [0.25, 0.3) is 0 Å². The lowest BCUT2D eigenvalue weighted by Gasteiger charge is -2.32. The van der Waals surface area contributed by atoms with Gasteiger partial charge in [-0.15, -0.1) is 10.2 Å². The molecule has 29 heavy (non-hydrogen) atoms. The molecule has 5 rings (SSSR count). The molecule has 2 bridgehead atoms. The van der Waals surface area contributed by atoms with E-state index in [2.05, 4.69) is 17.1 Å². The second-order valence-corrected chi connectivity index (χ2v) is 8.78. The van der Waals surface area contributed by atoms with Crippen LogP contribution < -0.4 is 0 Å². The number of amides is 2. The smallest absolute Gasteiger partial charge is 0.345 e. The molecule has 2 saturated heterocycles. The van der Waals surface area contributed by atoms with Gasteiger partial charge in [0.1, 0.15) is 12.6 Å². The summed E-state index contributed by atoms with van der Waals surface area (Å²) in [6.45, 7) is 3.35. The van der Waals surface area contributed by atoms with Gasteiger partial charge < -0.3 is 9.32 Å². The van der Waals surface area contributed by atoms with Crippen molar-refractivity contribution in [1.29, 1.82) is 0 Å². The molecule has 1 aliphatic carbocycles. The number of nitrogens with zero attached hydrogens (tertiary/aromatic N) is 4. The van der Waals surface area contributed by atoms with E-state index in [1.54, 1.807) is 5.06 Å². The Bertz CT molecular complexity index is 849. The fourth-order valence-corrected chi connectivity index (χ4v) is 4.91. The number of fused-ring (bicyclic) bond motifs is 2. The van der Waals surface area contributed by atoms with Crippen LogP contribution in [-0.2, 0) is 17.9 Å². The minimum Gasteiger partial charge on any atom is -0.423 e. The maximum Gasteiger partial charge on any atom is 0.345 e. The van der Waals surface area contributed by atoms with E-state index in [4.69, 9.17) is 9.25 Å². The van der Waals surface area contributed by atoms with Gasteiger partial charge in [-0.05, 0) is 49.5 Å². The van der Waals surface area contributed by atoms with Gasteiger partial charge in [0.2, 0.25) is 11.8 Å². The molecule has 3 heterocycles. The molecule has 7 nitrogen and oxygen atoms in total. The number of hydrogen-bond donors (Lipinski definition) is 0. The Balaban J connectivity index is 1.19. The van der Waals surface area contributed by atoms with Gasteiger partial charge in [-0.25, -0.2) is 4.79 Å². The van der Waals surface area contributed by atoms with Crippen LogP contribution in [0.25, 0.3) is 0 Å². The van der Waals surface area contributed by atoms with Crippen LogP contribution in [-0.4, -0.2) is 38.8 Å². The quantitative estimate of drug-likeness (QED) is 0.704. The van der Waals surface area contributed by atoms with Gasteiger partial charge in [0, 0.05) is 13.0 Å². The Morgan fingerprint density at radius 1 is 1.17 bits per heavy atom. The number of benzene rings is 1. The summed E-state index contributed by atoms with van der Waals surface area (Å²) in [5.74, 6) is 2.93. The Labute approximate surface area is 171 Å². The number of hydroxylamine groups is 2. The van der Waals surface area contributed by atoms with Crippen molar-refractivity contribution in [3.8, 4) is 0 Å². The zero-order chi connectivity index (χ0) is 19.8. The first-order chi connectivity index (χ1) is 14.2. The Morgan fingerprint density at radius 2 is 2.00 bits per heavy atom. The van der Waals surface area contributed by atoms with Crippen molar-refractivity contribution < 1.29 is 14.0 Å². The molecule has 1 saturated carbocycles. The van der Waals surface area contributed by atoms with E-state index >= 15 is 0 Å². The Kier molecular flexibility index (Phi) is 4.99. The number of urea groups is 1. The fourth-order valence-electron chi connectivity index (χ4n) is 4.91. The highest BCUT2D eigenvalue weighted by Crippen LogP contribution is 2.39. The molecule has 2 amide bonds. The average Bonchev–Trinajstić information content (AvgIpc) is 3.28. The summed E-state index contributed by atoms with van der Waals surface area (Å²) in [6, 6.07) is 9.76. The second-order valence-electron chi connectivity index (χ2n) is 8.78. The molecule has 2 aliphatic heterocycles. The van der Waals surface area contributed by atoms with Crippen molar-refractivity contribution in [2.75, 3.05) is 6.54 Å². The predicted molar refractivity (Wildman–Crippen MR) is 105 cm³/mol. The largest absolute Gasteiger partial charge is 0.423 e. The van der Waals surface area contributed by atoms with E-state index in [1.807, 2.05) is 35.2 Å². The molecule has 0 radical (unpaired) electrons. The van der Waals surface area contributed by atoms with Crippen LogP contribution in [0, 0.1) is 11.8 Å². The van der Waals surface area contributed by atoms with Crippen molar-refractivity contribution in [3.05, 3.63) is 47.7 Å². The molecule has 2 atom stereocenters. The van der Waals surface area contributed by atoms with Gasteiger partial charge >= 0.3 is 6.03 Å². The second kappa shape index (κ2) is 7.78.